The molecule has 1 N–H and O–H groups in total. The van der Waals surface area contributed by atoms with Gasteiger partial charge in [0.15, 0.2) is 0 Å². The van der Waals surface area contributed by atoms with Gasteiger partial charge in [-0.1, -0.05) is 18.0 Å². The maximum absolute atomic E-state index is 12.2. The van der Waals surface area contributed by atoms with Crippen molar-refractivity contribution < 1.29 is 4.79 Å². The zero-order chi connectivity index (χ0) is 14.5. The first-order valence-electron chi connectivity index (χ1n) is 7.05. The summed E-state index contributed by atoms with van der Waals surface area (Å²) in [5.74, 6) is -0.0580. The largest absolute Gasteiger partial charge is 0.350 e. The predicted octanol–water partition coefficient (Wildman–Crippen LogP) is 3.71. The highest BCUT2D eigenvalue weighted by molar-refractivity contribution is 9.10. The van der Waals surface area contributed by atoms with Crippen LogP contribution in [0.4, 0.5) is 0 Å². The van der Waals surface area contributed by atoms with Gasteiger partial charge in [-0.3, -0.25) is 9.69 Å². The summed E-state index contributed by atoms with van der Waals surface area (Å²) in [5.41, 5.74) is 0.625. The van der Waals surface area contributed by atoms with Gasteiger partial charge in [0, 0.05) is 22.1 Å². The molecule has 0 bridgehead atoms. The summed E-state index contributed by atoms with van der Waals surface area (Å²) < 4.78 is 0.730. The third-order valence-electron chi connectivity index (χ3n) is 3.75. The molecule has 1 aromatic rings. The van der Waals surface area contributed by atoms with Crippen LogP contribution in [0, 0.1) is 0 Å². The number of likely N-dealkylation sites (tertiary alicyclic amines) is 1. The minimum absolute atomic E-state index is 0.0580. The molecule has 1 unspecified atom stereocenters. The van der Waals surface area contributed by atoms with E-state index in [-0.39, 0.29) is 5.91 Å². The maximum atomic E-state index is 12.2. The smallest absolute Gasteiger partial charge is 0.252 e. The summed E-state index contributed by atoms with van der Waals surface area (Å²) >= 11 is 9.26. The van der Waals surface area contributed by atoms with Crippen molar-refractivity contribution in [1.82, 2.24) is 10.2 Å². The third kappa shape index (κ3) is 4.21. The predicted molar refractivity (Wildman–Crippen MR) is 86.4 cm³/mol. The first-order valence-corrected chi connectivity index (χ1v) is 8.22. The molecule has 2 rings (SSSR count). The Morgan fingerprint density at radius 3 is 2.75 bits per heavy atom. The number of nitrogens with one attached hydrogen (secondary N) is 1. The number of hydrogen-bond donors (Lipinski definition) is 1. The molecular formula is C15H20BrClN2O. The Morgan fingerprint density at radius 1 is 1.40 bits per heavy atom. The lowest BCUT2D eigenvalue weighted by Gasteiger charge is -2.32. The highest BCUT2D eigenvalue weighted by atomic mass is 79.9. The van der Waals surface area contributed by atoms with E-state index in [4.69, 9.17) is 11.6 Å². The minimum Gasteiger partial charge on any atom is -0.350 e. The van der Waals surface area contributed by atoms with Crippen molar-refractivity contribution in [3.8, 4) is 0 Å². The standard InChI is InChI=1S/C15H20BrClN2O/c1-11(19-7-3-2-4-8-19)10-18-15(20)13-6-5-12(17)9-14(13)16/h5-6,9,11H,2-4,7-8,10H2,1H3,(H,18,20). The van der Waals surface area contributed by atoms with Gasteiger partial charge in [-0.25, -0.2) is 0 Å². The first-order chi connectivity index (χ1) is 9.58. The Kier molecular flexibility index (Phi) is 5.87. The molecule has 1 amide bonds. The molecule has 1 atom stereocenters. The van der Waals surface area contributed by atoms with Crippen molar-refractivity contribution in [2.45, 2.75) is 32.2 Å². The van der Waals surface area contributed by atoms with E-state index in [0.717, 1.165) is 17.6 Å². The molecule has 0 aliphatic carbocycles. The zero-order valence-corrected chi connectivity index (χ0v) is 14.0. The van der Waals surface area contributed by atoms with Crippen molar-refractivity contribution in [1.29, 1.82) is 0 Å². The number of benzene rings is 1. The van der Waals surface area contributed by atoms with Crippen LogP contribution < -0.4 is 5.32 Å². The van der Waals surface area contributed by atoms with E-state index in [1.54, 1.807) is 18.2 Å². The quantitative estimate of drug-likeness (QED) is 0.889. The molecule has 110 valence electrons. The Bertz CT molecular complexity index is 475. The molecule has 0 spiro atoms. The molecule has 1 heterocycles. The van der Waals surface area contributed by atoms with Crippen LogP contribution in [0.2, 0.25) is 5.02 Å². The molecule has 0 aromatic heterocycles. The number of hydrogen-bond acceptors (Lipinski definition) is 2. The number of piperidine rings is 1. The summed E-state index contributed by atoms with van der Waals surface area (Å²) in [7, 11) is 0. The first kappa shape index (κ1) is 15.8. The fourth-order valence-electron chi connectivity index (χ4n) is 2.50. The molecule has 1 aliphatic rings. The van der Waals surface area contributed by atoms with Gasteiger partial charge in [-0.05, 0) is 67.0 Å². The van der Waals surface area contributed by atoms with Crippen LogP contribution in [0.15, 0.2) is 22.7 Å². The molecule has 5 heteroatoms. The fraction of sp³-hybridized carbons (Fsp3) is 0.533. The highest BCUT2D eigenvalue weighted by Gasteiger charge is 2.18. The molecule has 1 fully saturated rings. The normalized spacial score (nSPS) is 17.8. The lowest BCUT2D eigenvalue weighted by Crippen LogP contribution is -2.44. The Labute approximate surface area is 133 Å². The Balaban J connectivity index is 1.88. The van der Waals surface area contributed by atoms with E-state index in [1.807, 2.05) is 0 Å². The maximum Gasteiger partial charge on any atom is 0.252 e. The van der Waals surface area contributed by atoms with Crippen LogP contribution >= 0.6 is 27.5 Å². The lowest BCUT2D eigenvalue weighted by atomic mass is 10.1. The molecule has 0 radical (unpaired) electrons. The molecule has 1 saturated heterocycles. The number of rotatable bonds is 4. The van der Waals surface area contributed by atoms with Gasteiger partial charge in [0.05, 0.1) is 5.56 Å². The van der Waals surface area contributed by atoms with Gasteiger partial charge in [-0.2, -0.15) is 0 Å². The minimum atomic E-state index is -0.0580. The van der Waals surface area contributed by atoms with Crippen molar-refractivity contribution in [2.75, 3.05) is 19.6 Å². The lowest BCUT2D eigenvalue weighted by molar-refractivity contribution is 0.0929. The average Bonchev–Trinajstić information content (AvgIpc) is 2.45. The third-order valence-corrected chi connectivity index (χ3v) is 4.64. The number of nitrogens with zero attached hydrogens (tertiary/aromatic N) is 1. The summed E-state index contributed by atoms with van der Waals surface area (Å²) in [5, 5.41) is 3.62. The van der Waals surface area contributed by atoms with Crippen LogP contribution in [0.3, 0.4) is 0 Å². The van der Waals surface area contributed by atoms with E-state index >= 15 is 0 Å². The van der Waals surface area contributed by atoms with Gasteiger partial charge in [0.25, 0.3) is 5.91 Å². The summed E-state index contributed by atoms with van der Waals surface area (Å²) in [6, 6.07) is 5.60. The topological polar surface area (TPSA) is 32.3 Å². The molecule has 20 heavy (non-hydrogen) atoms. The molecule has 1 aliphatic heterocycles. The van der Waals surface area contributed by atoms with Gasteiger partial charge in [0.2, 0.25) is 0 Å². The number of carbonyl (C=O) groups is 1. The summed E-state index contributed by atoms with van der Waals surface area (Å²) in [6.45, 7) is 5.12. The monoisotopic (exact) mass is 358 g/mol. The second-order valence-corrected chi connectivity index (χ2v) is 6.57. The average molecular weight is 360 g/mol. The Morgan fingerprint density at radius 2 is 2.10 bits per heavy atom. The van der Waals surface area contributed by atoms with Crippen LogP contribution in [-0.4, -0.2) is 36.5 Å². The summed E-state index contributed by atoms with van der Waals surface area (Å²) in [4.78, 5) is 14.6. The van der Waals surface area contributed by atoms with Crippen LogP contribution in [-0.2, 0) is 0 Å². The van der Waals surface area contributed by atoms with Gasteiger partial charge in [0.1, 0.15) is 0 Å². The van der Waals surface area contributed by atoms with Gasteiger partial charge in [-0.15, -0.1) is 0 Å². The van der Waals surface area contributed by atoms with Crippen molar-refractivity contribution >= 4 is 33.4 Å². The molecule has 0 saturated carbocycles. The van der Waals surface area contributed by atoms with Crippen LogP contribution in [0.1, 0.15) is 36.5 Å². The fourth-order valence-corrected chi connectivity index (χ4v) is 3.36. The van der Waals surface area contributed by atoms with Gasteiger partial charge >= 0.3 is 0 Å². The number of amides is 1. The highest BCUT2D eigenvalue weighted by Crippen LogP contribution is 2.21. The van der Waals surface area contributed by atoms with Crippen molar-refractivity contribution in [2.24, 2.45) is 0 Å². The van der Waals surface area contributed by atoms with E-state index < -0.39 is 0 Å². The van der Waals surface area contributed by atoms with E-state index in [1.165, 1.54) is 19.3 Å². The summed E-state index contributed by atoms with van der Waals surface area (Å²) in [6.07, 6.45) is 3.86. The second kappa shape index (κ2) is 7.43. The van der Waals surface area contributed by atoms with Crippen molar-refractivity contribution in [3.63, 3.8) is 0 Å². The molecule has 1 aromatic carbocycles. The van der Waals surface area contributed by atoms with E-state index in [9.17, 15) is 4.79 Å². The van der Waals surface area contributed by atoms with Gasteiger partial charge < -0.3 is 5.32 Å². The second-order valence-electron chi connectivity index (χ2n) is 5.28. The van der Waals surface area contributed by atoms with Crippen molar-refractivity contribution in [3.05, 3.63) is 33.3 Å². The van der Waals surface area contributed by atoms with E-state index in [2.05, 4.69) is 33.1 Å². The molecule has 3 nitrogen and oxygen atoms in total. The van der Waals surface area contributed by atoms with Crippen LogP contribution in [0.25, 0.3) is 0 Å². The zero-order valence-electron chi connectivity index (χ0n) is 11.7. The van der Waals surface area contributed by atoms with E-state index in [0.29, 0.717) is 23.2 Å². The van der Waals surface area contributed by atoms with Crippen LogP contribution in [0.5, 0.6) is 0 Å². The molecular weight excluding hydrogens is 340 g/mol. The number of carbonyl (C=O) groups excluding carboxylic acids is 1. The number of halogens is 2. The SMILES string of the molecule is CC(CNC(=O)c1ccc(Cl)cc1Br)N1CCCCC1. The Hall–Kier alpha value is -0.580.